The van der Waals surface area contributed by atoms with E-state index in [2.05, 4.69) is 22.8 Å². The topological polar surface area (TPSA) is 50.4 Å². The molecule has 0 unspecified atom stereocenters. The molecule has 1 amide bonds. The van der Waals surface area contributed by atoms with Crippen molar-refractivity contribution >= 4 is 5.91 Å². The Morgan fingerprint density at radius 1 is 1.32 bits per heavy atom. The number of nitrogens with one attached hydrogen (secondary N) is 2. The minimum absolute atomic E-state index is 0.0537. The Morgan fingerprint density at radius 3 is 2.47 bits per heavy atom. The molecule has 0 spiro atoms. The largest absolute Gasteiger partial charge is 0.496 e. The van der Waals surface area contributed by atoms with E-state index in [0.717, 1.165) is 22.4 Å². The Labute approximate surface area is 114 Å². The lowest BCUT2D eigenvalue weighted by molar-refractivity contribution is -0.120. The molecule has 1 saturated carbocycles. The van der Waals surface area contributed by atoms with Gasteiger partial charge < -0.3 is 15.4 Å². The number of hydrogen-bond acceptors (Lipinski definition) is 3. The van der Waals surface area contributed by atoms with E-state index in [4.69, 9.17) is 4.74 Å². The molecule has 0 aliphatic heterocycles. The second kappa shape index (κ2) is 6.06. The van der Waals surface area contributed by atoms with E-state index in [1.807, 2.05) is 13.8 Å². The Balaban J connectivity index is 1.86. The molecule has 2 rings (SSSR count). The van der Waals surface area contributed by atoms with Crippen LogP contribution in [-0.4, -0.2) is 25.6 Å². The molecule has 0 heterocycles. The van der Waals surface area contributed by atoms with Gasteiger partial charge >= 0.3 is 0 Å². The van der Waals surface area contributed by atoms with Crippen LogP contribution in [0.4, 0.5) is 0 Å². The van der Waals surface area contributed by atoms with Crippen LogP contribution in [0.3, 0.4) is 0 Å². The third-order valence-electron chi connectivity index (χ3n) is 3.34. The van der Waals surface area contributed by atoms with Crippen LogP contribution in [0.25, 0.3) is 0 Å². The molecule has 1 aromatic rings. The highest BCUT2D eigenvalue weighted by atomic mass is 16.5. The molecule has 1 fully saturated rings. The maximum atomic E-state index is 11.6. The summed E-state index contributed by atoms with van der Waals surface area (Å²) in [5, 5.41) is 6.13. The first-order chi connectivity index (χ1) is 9.10. The average molecular weight is 262 g/mol. The van der Waals surface area contributed by atoms with Crippen molar-refractivity contribution in [2.75, 3.05) is 13.7 Å². The second-order valence-corrected chi connectivity index (χ2v) is 5.19. The van der Waals surface area contributed by atoms with Crippen molar-refractivity contribution in [3.63, 3.8) is 0 Å². The zero-order valence-corrected chi connectivity index (χ0v) is 11.9. The Morgan fingerprint density at radius 2 is 1.95 bits per heavy atom. The zero-order chi connectivity index (χ0) is 13.8. The zero-order valence-electron chi connectivity index (χ0n) is 11.9. The summed E-state index contributed by atoms with van der Waals surface area (Å²) < 4.78 is 5.33. The van der Waals surface area contributed by atoms with E-state index in [1.54, 1.807) is 7.11 Å². The number of methoxy groups -OCH3 is 1. The van der Waals surface area contributed by atoms with Gasteiger partial charge in [-0.15, -0.1) is 0 Å². The van der Waals surface area contributed by atoms with E-state index in [1.165, 1.54) is 12.8 Å². The minimum atomic E-state index is 0.0537. The monoisotopic (exact) mass is 262 g/mol. The Bertz CT molecular complexity index is 444. The quantitative estimate of drug-likeness (QED) is 0.820. The summed E-state index contributed by atoms with van der Waals surface area (Å²) in [6.45, 7) is 5.02. The first kappa shape index (κ1) is 13.9. The smallest absolute Gasteiger partial charge is 0.234 e. The molecular weight excluding hydrogens is 240 g/mol. The van der Waals surface area contributed by atoms with Crippen LogP contribution in [0.1, 0.15) is 29.5 Å². The van der Waals surface area contributed by atoms with Crippen LogP contribution >= 0.6 is 0 Å². The summed E-state index contributed by atoms with van der Waals surface area (Å²) >= 11 is 0. The van der Waals surface area contributed by atoms with Gasteiger partial charge in [0.15, 0.2) is 0 Å². The predicted molar refractivity (Wildman–Crippen MR) is 75.3 cm³/mol. The number of benzene rings is 1. The fourth-order valence-electron chi connectivity index (χ4n) is 2.25. The molecule has 0 saturated heterocycles. The second-order valence-electron chi connectivity index (χ2n) is 5.19. The molecule has 4 nitrogen and oxygen atoms in total. The molecule has 0 radical (unpaired) electrons. The third kappa shape index (κ3) is 3.96. The maximum absolute atomic E-state index is 11.6. The van der Waals surface area contributed by atoms with E-state index in [-0.39, 0.29) is 5.91 Å². The highest BCUT2D eigenvalue weighted by Gasteiger charge is 2.20. The van der Waals surface area contributed by atoms with Crippen LogP contribution in [0, 0.1) is 13.8 Å². The molecule has 0 bridgehead atoms. The maximum Gasteiger partial charge on any atom is 0.234 e. The molecule has 104 valence electrons. The molecule has 1 aliphatic rings. The van der Waals surface area contributed by atoms with E-state index >= 15 is 0 Å². The fourth-order valence-corrected chi connectivity index (χ4v) is 2.25. The number of carbonyl (C=O) groups excluding carboxylic acids is 1. The van der Waals surface area contributed by atoms with Crippen molar-refractivity contribution in [1.82, 2.24) is 10.6 Å². The molecule has 1 aliphatic carbocycles. The summed E-state index contributed by atoms with van der Waals surface area (Å²) in [5.41, 5.74) is 3.31. The van der Waals surface area contributed by atoms with Crippen molar-refractivity contribution < 1.29 is 9.53 Å². The van der Waals surface area contributed by atoms with Gasteiger partial charge in [0, 0.05) is 12.6 Å². The van der Waals surface area contributed by atoms with Crippen LogP contribution in [0.5, 0.6) is 5.75 Å². The number of rotatable bonds is 6. The lowest BCUT2D eigenvalue weighted by Gasteiger charge is -2.12. The van der Waals surface area contributed by atoms with Gasteiger partial charge in [-0.2, -0.15) is 0 Å². The lowest BCUT2D eigenvalue weighted by Crippen LogP contribution is -2.34. The van der Waals surface area contributed by atoms with Crippen molar-refractivity contribution in [2.24, 2.45) is 0 Å². The van der Waals surface area contributed by atoms with Gasteiger partial charge in [-0.25, -0.2) is 0 Å². The Kier molecular flexibility index (Phi) is 4.43. The van der Waals surface area contributed by atoms with Crippen LogP contribution in [0.15, 0.2) is 12.1 Å². The summed E-state index contributed by atoms with van der Waals surface area (Å²) in [5.74, 6) is 0.975. The van der Waals surface area contributed by atoms with E-state index < -0.39 is 0 Å². The van der Waals surface area contributed by atoms with Gasteiger partial charge in [-0.05, 0) is 43.4 Å². The van der Waals surface area contributed by atoms with Gasteiger partial charge in [0.05, 0.1) is 13.7 Å². The van der Waals surface area contributed by atoms with Crippen molar-refractivity contribution in [1.29, 1.82) is 0 Å². The summed E-state index contributed by atoms with van der Waals surface area (Å²) in [4.78, 5) is 11.6. The summed E-state index contributed by atoms with van der Waals surface area (Å²) in [6, 6.07) is 4.68. The van der Waals surface area contributed by atoms with Crippen molar-refractivity contribution in [2.45, 2.75) is 39.3 Å². The predicted octanol–water partition coefficient (Wildman–Crippen LogP) is 1.68. The van der Waals surface area contributed by atoms with Gasteiger partial charge in [0.25, 0.3) is 0 Å². The normalized spacial score (nSPS) is 14.3. The average Bonchev–Trinajstić information content (AvgIpc) is 3.17. The highest BCUT2D eigenvalue weighted by Crippen LogP contribution is 2.24. The van der Waals surface area contributed by atoms with Crippen LogP contribution in [0.2, 0.25) is 0 Å². The first-order valence-electron chi connectivity index (χ1n) is 6.74. The van der Waals surface area contributed by atoms with Crippen LogP contribution in [-0.2, 0) is 11.3 Å². The summed E-state index contributed by atoms with van der Waals surface area (Å²) in [7, 11) is 1.68. The van der Waals surface area contributed by atoms with Crippen LogP contribution < -0.4 is 15.4 Å². The number of carbonyl (C=O) groups is 1. The SMILES string of the molecule is COc1c(C)cc(CNC(=O)CNC2CC2)cc1C. The van der Waals surface area contributed by atoms with E-state index in [0.29, 0.717) is 19.1 Å². The van der Waals surface area contributed by atoms with E-state index in [9.17, 15) is 4.79 Å². The fraction of sp³-hybridized carbons (Fsp3) is 0.533. The number of hydrogen-bond donors (Lipinski definition) is 2. The number of amides is 1. The molecular formula is C15H22N2O2. The highest BCUT2D eigenvalue weighted by molar-refractivity contribution is 5.78. The van der Waals surface area contributed by atoms with Crippen molar-refractivity contribution in [3.05, 3.63) is 28.8 Å². The number of aryl methyl sites for hydroxylation is 2. The molecule has 0 atom stereocenters. The van der Waals surface area contributed by atoms with Gasteiger partial charge in [0.1, 0.15) is 5.75 Å². The lowest BCUT2D eigenvalue weighted by atomic mass is 10.1. The molecule has 19 heavy (non-hydrogen) atoms. The Hall–Kier alpha value is -1.55. The molecule has 2 N–H and O–H groups in total. The third-order valence-corrected chi connectivity index (χ3v) is 3.34. The number of ether oxygens (including phenoxy) is 1. The summed E-state index contributed by atoms with van der Waals surface area (Å²) in [6.07, 6.45) is 2.40. The minimum Gasteiger partial charge on any atom is -0.496 e. The molecule has 1 aromatic carbocycles. The molecule has 4 heteroatoms. The molecule has 0 aromatic heterocycles. The standard InChI is InChI=1S/C15H22N2O2/c1-10-6-12(7-11(2)15(10)19-3)8-17-14(18)9-16-13-4-5-13/h6-7,13,16H,4-5,8-9H2,1-3H3,(H,17,18). The van der Waals surface area contributed by atoms with Crippen molar-refractivity contribution in [3.8, 4) is 5.75 Å². The van der Waals surface area contributed by atoms with Gasteiger partial charge in [0.2, 0.25) is 5.91 Å². The van der Waals surface area contributed by atoms with Gasteiger partial charge in [-0.1, -0.05) is 12.1 Å². The van der Waals surface area contributed by atoms with Gasteiger partial charge in [-0.3, -0.25) is 4.79 Å². The first-order valence-corrected chi connectivity index (χ1v) is 6.74.